The number of carboxylic acid groups (broad SMARTS) is 1. The number of carbonyl (C=O) groups excluding carboxylic acids is 1. The molecule has 1 heterocycles. The van der Waals surface area contributed by atoms with Crippen molar-refractivity contribution in [1.82, 2.24) is 5.32 Å². The Morgan fingerprint density at radius 2 is 2.54 bits per heavy atom. The molecule has 0 saturated carbocycles. The van der Waals surface area contributed by atoms with Gasteiger partial charge in [0.1, 0.15) is 0 Å². The molecule has 2 N–H and O–H groups in total. The van der Waals surface area contributed by atoms with Crippen LogP contribution in [-0.4, -0.2) is 17.5 Å². The van der Waals surface area contributed by atoms with E-state index in [1.165, 1.54) is 12.5 Å². The fourth-order valence-corrected chi connectivity index (χ4v) is 1.00. The van der Waals surface area contributed by atoms with Gasteiger partial charge in [-0.05, 0) is 6.07 Å². The summed E-state index contributed by atoms with van der Waals surface area (Å²) >= 11 is 0. The van der Waals surface area contributed by atoms with Crippen LogP contribution in [0.15, 0.2) is 23.0 Å². The summed E-state index contributed by atoms with van der Waals surface area (Å²) in [6.45, 7) is 0. The smallest absolute Gasteiger partial charge is 0.305 e. The van der Waals surface area contributed by atoms with Gasteiger partial charge in [-0.3, -0.25) is 9.59 Å². The van der Waals surface area contributed by atoms with Gasteiger partial charge in [0.15, 0.2) is 0 Å². The predicted octanol–water partition coefficient (Wildman–Crippen LogP) is 0.541. The third-order valence-electron chi connectivity index (χ3n) is 1.59. The fraction of sp³-hybridized carbons (Fsp3) is 0.250. The van der Waals surface area contributed by atoms with Crippen molar-refractivity contribution < 1.29 is 19.1 Å². The van der Waals surface area contributed by atoms with Crippen molar-refractivity contribution in [2.45, 2.75) is 12.5 Å². The summed E-state index contributed by atoms with van der Waals surface area (Å²) in [6, 6.07) is 1.10. The second kappa shape index (κ2) is 4.30. The summed E-state index contributed by atoms with van der Waals surface area (Å²) in [5.74, 6) is -0.972. The first-order chi connectivity index (χ1) is 6.24. The molecule has 0 saturated heterocycles. The normalized spacial score (nSPS) is 12.0. The first-order valence-corrected chi connectivity index (χ1v) is 3.67. The summed E-state index contributed by atoms with van der Waals surface area (Å²) < 4.78 is 4.77. The van der Waals surface area contributed by atoms with E-state index >= 15 is 0 Å². The van der Waals surface area contributed by atoms with Crippen molar-refractivity contribution >= 4 is 12.4 Å². The number of aliphatic carboxylic acids is 1. The zero-order chi connectivity index (χ0) is 9.68. The Hall–Kier alpha value is -1.78. The van der Waals surface area contributed by atoms with Crippen LogP contribution in [0, 0.1) is 0 Å². The lowest BCUT2D eigenvalue weighted by Gasteiger charge is -2.10. The summed E-state index contributed by atoms with van der Waals surface area (Å²) in [7, 11) is 0. The number of carbonyl (C=O) groups is 2. The Morgan fingerprint density at radius 1 is 1.77 bits per heavy atom. The number of amides is 1. The molecule has 5 heteroatoms. The lowest BCUT2D eigenvalue weighted by Crippen LogP contribution is -2.21. The highest BCUT2D eigenvalue weighted by Gasteiger charge is 2.15. The summed E-state index contributed by atoms with van der Waals surface area (Å²) in [5, 5.41) is 10.9. The van der Waals surface area contributed by atoms with Crippen LogP contribution in [0.25, 0.3) is 0 Å². The molecule has 0 aliphatic carbocycles. The van der Waals surface area contributed by atoms with Crippen molar-refractivity contribution in [3.8, 4) is 0 Å². The number of rotatable bonds is 5. The van der Waals surface area contributed by atoms with Gasteiger partial charge in [-0.1, -0.05) is 0 Å². The molecule has 0 radical (unpaired) electrons. The minimum atomic E-state index is -0.972. The van der Waals surface area contributed by atoms with Gasteiger partial charge in [0.25, 0.3) is 0 Å². The molecule has 0 aliphatic heterocycles. The van der Waals surface area contributed by atoms with Crippen molar-refractivity contribution in [2.24, 2.45) is 0 Å². The van der Waals surface area contributed by atoms with Gasteiger partial charge in [-0.25, -0.2) is 0 Å². The molecule has 0 fully saturated rings. The zero-order valence-electron chi connectivity index (χ0n) is 6.77. The van der Waals surface area contributed by atoms with Crippen LogP contribution in [0.2, 0.25) is 0 Å². The SMILES string of the molecule is O=CN[C@H](CC(=O)O)c1ccoc1. The molecule has 1 aromatic heterocycles. The average Bonchev–Trinajstić information content (AvgIpc) is 2.54. The fourth-order valence-electron chi connectivity index (χ4n) is 1.00. The largest absolute Gasteiger partial charge is 0.481 e. The molecule has 0 aliphatic rings. The minimum Gasteiger partial charge on any atom is -0.481 e. The van der Waals surface area contributed by atoms with Crippen LogP contribution in [-0.2, 0) is 9.59 Å². The monoisotopic (exact) mass is 183 g/mol. The van der Waals surface area contributed by atoms with Gasteiger partial charge >= 0.3 is 5.97 Å². The van der Waals surface area contributed by atoms with Crippen molar-refractivity contribution in [3.63, 3.8) is 0 Å². The van der Waals surface area contributed by atoms with Gasteiger partial charge in [0, 0.05) is 5.56 Å². The topological polar surface area (TPSA) is 79.5 Å². The third kappa shape index (κ3) is 2.62. The third-order valence-corrected chi connectivity index (χ3v) is 1.59. The maximum atomic E-state index is 10.4. The highest BCUT2D eigenvalue weighted by molar-refractivity contribution is 5.68. The van der Waals surface area contributed by atoms with Gasteiger partial charge < -0.3 is 14.8 Å². The highest BCUT2D eigenvalue weighted by Crippen LogP contribution is 2.16. The predicted molar refractivity (Wildman–Crippen MR) is 42.9 cm³/mol. The maximum absolute atomic E-state index is 10.4. The van der Waals surface area contributed by atoms with Crippen molar-refractivity contribution in [3.05, 3.63) is 24.2 Å². The molecule has 1 amide bonds. The second-order valence-electron chi connectivity index (χ2n) is 2.49. The standard InChI is InChI=1S/C8H9NO4/c10-5-9-7(3-8(11)12)6-1-2-13-4-6/h1-2,4-5,7H,3H2,(H,9,10)(H,11,12)/t7-/m1/s1. The van der Waals surface area contributed by atoms with E-state index in [2.05, 4.69) is 5.32 Å². The average molecular weight is 183 g/mol. The quantitative estimate of drug-likeness (QED) is 0.653. The van der Waals surface area contributed by atoms with E-state index in [0.29, 0.717) is 12.0 Å². The molecule has 0 spiro atoms. The summed E-state index contributed by atoms with van der Waals surface area (Å²) in [6.07, 6.45) is 3.15. The van der Waals surface area contributed by atoms with Crippen molar-refractivity contribution in [2.75, 3.05) is 0 Å². The molecule has 0 unspecified atom stereocenters. The summed E-state index contributed by atoms with van der Waals surface area (Å²) in [5.41, 5.74) is 0.648. The molecular weight excluding hydrogens is 174 g/mol. The first kappa shape index (κ1) is 9.31. The van der Waals surface area contributed by atoms with Crippen LogP contribution in [0.5, 0.6) is 0 Å². The molecule has 1 atom stereocenters. The molecule has 1 aromatic rings. The van der Waals surface area contributed by atoms with E-state index in [9.17, 15) is 9.59 Å². The molecule has 70 valence electrons. The Labute approximate surface area is 74.4 Å². The molecular formula is C8H9NO4. The van der Waals surface area contributed by atoms with Gasteiger partial charge in [-0.2, -0.15) is 0 Å². The van der Waals surface area contributed by atoms with Crippen LogP contribution in [0.3, 0.4) is 0 Å². The summed E-state index contributed by atoms with van der Waals surface area (Å²) in [4.78, 5) is 20.6. The van der Waals surface area contributed by atoms with Crippen molar-refractivity contribution in [1.29, 1.82) is 0 Å². The first-order valence-electron chi connectivity index (χ1n) is 3.67. The Morgan fingerprint density at radius 3 is 3.00 bits per heavy atom. The van der Waals surface area contributed by atoms with E-state index in [0.717, 1.165) is 0 Å². The lowest BCUT2D eigenvalue weighted by molar-refractivity contribution is -0.137. The molecule has 1 rings (SSSR count). The van der Waals surface area contributed by atoms with Crippen LogP contribution in [0.4, 0.5) is 0 Å². The Balaban J connectivity index is 2.67. The van der Waals surface area contributed by atoms with Gasteiger partial charge in [0.05, 0.1) is 25.0 Å². The molecule has 0 bridgehead atoms. The number of nitrogens with one attached hydrogen (secondary N) is 1. The Bertz CT molecular complexity index is 280. The Kier molecular flexibility index (Phi) is 3.08. The minimum absolute atomic E-state index is 0.154. The van der Waals surface area contributed by atoms with Crippen LogP contribution in [0.1, 0.15) is 18.0 Å². The number of hydrogen-bond acceptors (Lipinski definition) is 3. The lowest BCUT2D eigenvalue weighted by atomic mass is 10.1. The highest BCUT2D eigenvalue weighted by atomic mass is 16.4. The number of hydrogen-bond donors (Lipinski definition) is 2. The van der Waals surface area contributed by atoms with E-state index in [4.69, 9.17) is 9.52 Å². The van der Waals surface area contributed by atoms with Crippen LogP contribution >= 0.6 is 0 Å². The van der Waals surface area contributed by atoms with E-state index in [-0.39, 0.29) is 6.42 Å². The molecule has 5 nitrogen and oxygen atoms in total. The molecule has 13 heavy (non-hydrogen) atoms. The van der Waals surface area contributed by atoms with E-state index in [1.807, 2.05) is 0 Å². The van der Waals surface area contributed by atoms with E-state index in [1.54, 1.807) is 6.07 Å². The second-order valence-corrected chi connectivity index (χ2v) is 2.49. The van der Waals surface area contributed by atoms with Crippen LogP contribution < -0.4 is 5.32 Å². The molecule has 0 aromatic carbocycles. The van der Waals surface area contributed by atoms with E-state index < -0.39 is 12.0 Å². The maximum Gasteiger partial charge on any atom is 0.305 e. The zero-order valence-corrected chi connectivity index (χ0v) is 6.77. The van der Waals surface area contributed by atoms with Gasteiger partial charge in [-0.15, -0.1) is 0 Å². The number of furan rings is 1. The van der Waals surface area contributed by atoms with Gasteiger partial charge in [0.2, 0.25) is 6.41 Å². The number of carboxylic acids is 1.